The second kappa shape index (κ2) is 5.63. The molecule has 1 heterocycles. The van der Waals surface area contributed by atoms with Gasteiger partial charge in [-0.15, -0.1) is 0 Å². The van der Waals surface area contributed by atoms with Crippen molar-refractivity contribution in [3.05, 3.63) is 63.9 Å². The third kappa shape index (κ3) is 2.54. The van der Waals surface area contributed by atoms with Crippen molar-refractivity contribution < 1.29 is 4.79 Å². The van der Waals surface area contributed by atoms with Gasteiger partial charge in [0.1, 0.15) is 0 Å². The minimum absolute atomic E-state index is 0.131. The maximum Gasteiger partial charge on any atom is 0.255 e. The summed E-state index contributed by atoms with van der Waals surface area (Å²) in [6.45, 7) is 0. The Kier molecular flexibility index (Phi) is 3.38. The zero-order valence-corrected chi connectivity index (χ0v) is 15.1. The highest BCUT2D eigenvalue weighted by atomic mass is 79.9. The Bertz CT molecular complexity index is 1000. The summed E-state index contributed by atoms with van der Waals surface area (Å²) >= 11 is 3.39. The molecular weight excluding hydrogens is 378 g/mol. The minimum atomic E-state index is -0.131. The molecular formula is C20H16BrN3O. The second-order valence-electron chi connectivity index (χ2n) is 6.87. The maximum atomic E-state index is 12.5. The lowest BCUT2D eigenvalue weighted by molar-refractivity contribution is 0.102. The Morgan fingerprint density at radius 1 is 0.960 bits per heavy atom. The maximum absolute atomic E-state index is 12.5. The average Bonchev–Trinajstić information content (AvgIpc) is 3.23. The van der Waals surface area contributed by atoms with Crippen LogP contribution in [0.25, 0.3) is 11.0 Å². The first-order valence-electron chi connectivity index (χ1n) is 8.56. The molecule has 1 saturated carbocycles. The molecule has 0 aliphatic heterocycles. The van der Waals surface area contributed by atoms with E-state index in [1.165, 1.54) is 25.0 Å². The summed E-state index contributed by atoms with van der Waals surface area (Å²) in [5, 5.41) is 2.92. The Labute approximate surface area is 153 Å². The lowest BCUT2D eigenvalue weighted by Crippen LogP contribution is -2.12. The topological polar surface area (TPSA) is 54.9 Å². The average molecular weight is 394 g/mol. The van der Waals surface area contributed by atoms with Gasteiger partial charge in [0.2, 0.25) is 0 Å². The zero-order valence-electron chi connectivity index (χ0n) is 13.5. The molecule has 2 aliphatic carbocycles. The summed E-state index contributed by atoms with van der Waals surface area (Å²) in [6.07, 6.45) is 3.66. The normalized spacial score (nSPS) is 20.7. The van der Waals surface area contributed by atoms with E-state index < -0.39 is 0 Å². The molecule has 2 atom stereocenters. The Morgan fingerprint density at radius 2 is 1.64 bits per heavy atom. The summed E-state index contributed by atoms with van der Waals surface area (Å²) in [5.41, 5.74) is 5.42. The number of hydrogen-bond donors (Lipinski definition) is 1. The zero-order chi connectivity index (χ0) is 17.0. The van der Waals surface area contributed by atoms with E-state index in [0.717, 1.165) is 26.9 Å². The molecule has 124 valence electrons. The van der Waals surface area contributed by atoms with Crippen LogP contribution in [-0.4, -0.2) is 15.9 Å². The number of anilines is 1. The van der Waals surface area contributed by atoms with E-state index in [1.54, 1.807) is 0 Å². The Morgan fingerprint density at radius 3 is 2.36 bits per heavy atom. The fourth-order valence-electron chi connectivity index (χ4n) is 4.04. The number of nitrogens with one attached hydrogen (secondary N) is 1. The van der Waals surface area contributed by atoms with Crippen LogP contribution in [-0.2, 0) is 0 Å². The van der Waals surface area contributed by atoms with Gasteiger partial charge < -0.3 is 5.32 Å². The van der Waals surface area contributed by atoms with Crippen molar-refractivity contribution in [1.29, 1.82) is 0 Å². The van der Waals surface area contributed by atoms with Crippen LogP contribution in [0.2, 0.25) is 0 Å². The van der Waals surface area contributed by atoms with Gasteiger partial charge in [0.25, 0.3) is 5.91 Å². The van der Waals surface area contributed by atoms with Crippen LogP contribution in [0.4, 0.5) is 5.69 Å². The van der Waals surface area contributed by atoms with Crippen LogP contribution in [0.3, 0.4) is 0 Å². The first-order chi connectivity index (χ1) is 12.2. The van der Waals surface area contributed by atoms with E-state index in [9.17, 15) is 4.79 Å². The predicted octanol–water partition coefficient (Wildman–Crippen LogP) is 5.01. The predicted molar refractivity (Wildman–Crippen MR) is 101 cm³/mol. The number of fused-ring (bicyclic) bond motifs is 6. The van der Waals surface area contributed by atoms with Crippen molar-refractivity contribution in [2.75, 3.05) is 5.32 Å². The SMILES string of the molecule is O=C(Nc1ccc(Br)cc1)c1ccc2nc3c(nc2c1)C1CCC3C1. The number of hydrogen-bond acceptors (Lipinski definition) is 3. The van der Waals surface area contributed by atoms with E-state index >= 15 is 0 Å². The fraction of sp³-hybridized carbons (Fsp3) is 0.250. The van der Waals surface area contributed by atoms with Crippen LogP contribution in [0.5, 0.6) is 0 Å². The third-order valence-electron chi connectivity index (χ3n) is 5.29. The quantitative estimate of drug-likeness (QED) is 0.665. The van der Waals surface area contributed by atoms with Crippen molar-refractivity contribution in [1.82, 2.24) is 9.97 Å². The van der Waals surface area contributed by atoms with Crippen LogP contribution >= 0.6 is 15.9 Å². The van der Waals surface area contributed by atoms with Gasteiger partial charge >= 0.3 is 0 Å². The van der Waals surface area contributed by atoms with Crippen molar-refractivity contribution in [2.24, 2.45) is 0 Å². The smallest absolute Gasteiger partial charge is 0.255 e. The first kappa shape index (κ1) is 15.0. The van der Waals surface area contributed by atoms with Gasteiger partial charge in [-0.05, 0) is 61.7 Å². The molecule has 2 bridgehead atoms. The molecule has 1 N–H and O–H groups in total. The third-order valence-corrected chi connectivity index (χ3v) is 5.82. The Hall–Kier alpha value is -2.27. The molecule has 1 fully saturated rings. The van der Waals surface area contributed by atoms with Gasteiger partial charge in [-0.1, -0.05) is 15.9 Å². The number of aromatic nitrogens is 2. The highest BCUT2D eigenvalue weighted by Gasteiger charge is 2.39. The number of rotatable bonds is 2. The molecule has 2 unspecified atom stereocenters. The molecule has 5 heteroatoms. The summed E-state index contributed by atoms with van der Waals surface area (Å²) < 4.78 is 0.981. The van der Waals surface area contributed by atoms with Crippen LogP contribution in [0, 0.1) is 0 Å². The largest absolute Gasteiger partial charge is 0.322 e. The lowest BCUT2D eigenvalue weighted by Gasteiger charge is -2.14. The standard InChI is InChI=1S/C20H16BrN3O/c21-14-4-6-15(7-5-14)22-20(25)13-3-8-16-17(10-13)24-19-12-2-1-11(9-12)18(19)23-16/h3-8,10-12H,1-2,9H2,(H,22,25). The highest BCUT2D eigenvalue weighted by molar-refractivity contribution is 9.10. The van der Waals surface area contributed by atoms with Gasteiger partial charge in [-0.25, -0.2) is 9.97 Å². The van der Waals surface area contributed by atoms with Gasteiger partial charge in [-0.2, -0.15) is 0 Å². The molecule has 0 radical (unpaired) electrons. The van der Waals surface area contributed by atoms with Gasteiger partial charge in [0.05, 0.1) is 22.4 Å². The molecule has 3 aromatic rings. The van der Waals surface area contributed by atoms with E-state index in [0.29, 0.717) is 17.4 Å². The number of nitrogens with zero attached hydrogens (tertiary/aromatic N) is 2. The first-order valence-corrected chi connectivity index (χ1v) is 9.35. The lowest BCUT2D eigenvalue weighted by atomic mass is 10.00. The molecule has 4 nitrogen and oxygen atoms in total. The van der Waals surface area contributed by atoms with E-state index in [2.05, 4.69) is 21.2 Å². The minimum Gasteiger partial charge on any atom is -0.322 e. The van der Waals surface area contributed by atoms with E-state index in [-0.39, 0.29) is 5.91 Å². The number of amides is 1. The van der Waals surface area contributed by atoms with Gasteiger partial charge in [0, 0.05) is 27.6 Å². The summed E-state index contributed by atoms with van der Waals surface area (Å²) in [7, 11) is 0. The van der Waals surface area contributed by atoms with Gasteiger partial charge in [0.15, 0.2) is 0 Å². The molecule has 1 aromatic heterocycles. The van der Waals surface area contributed by atoms with Crippen LogP contribution < -0.4 is 5.32 Å². The van der Waals surface area contributed by atoms with Gasteiger partial charge in [-0.3, -0.25) is 4.79 Å². The number of carbonyl (C=O) groups is 1. The molecule has 2 aromatic carbocycles. The molecule has 5 rings (SSSR count). The molecule has 25 heavy (non-hydrogen) atoms. The Balaban J connectivity index is 1.48. The molecule has 2 aliphatic rings. The molecule has 0 spiro atoms. The molecule has 1 amide bonds. The van der Waals surface area contributed by atoms with E-state index in [4.69, 9.17) is 9.97 Å². The monoisotopic (exact) mass is 393 g/mol. The summed E-state index contributed by atoms with van der Waals surface area (Å²) in [4.78, 5) is 22.2. The fourth-order valence-corrected chi connectivity index (χ4v) is 4.30. The van der Waals surface area contributed by atoms with E-state index in [1.807, 2.05) is 42.5 Å². The second-order valence-corrected chi connectivity index (χ2v) is 7.78. The summed E-state index contributed by atoms with van der Waals surface area (Å²) in [5.74, 6) is 1.03. The van der Waals surface area contributed by atoms with Crippen molar-refractivity contribution in [2.45, 2.75) is 31.1 Å². The van der Waals surface area contributed by atoms with Crippen LogP contribution in [0.1, 0.15) is 52.8 Å². The van der Waals surface area contributed by atoms with Crippen molar-refractivity contribution in [3.63, 3.8) is 0 Å². The number of carbonyl (C=O) groups excluding carboxylic acids is 1. The van der Waals surface area contributed by atoms with Crippen molar-refractivity contribution >= 4 is 38.6 Å². The number of benzene rings is 2. The summed E-state index contributed by atoms with van der Waals surface area (Å²) in [6, 6.07) is 13.1. The number of halogens is 1. The van der Waals surface area contributed by atoms with Crippen molar-refractivity contribution in [3.8, 4) is 0 Å². The molecule has 0 saturated heterocycles. The highest BCUT2D eigenvalue weighted by Crippen LogP contribution is 2.51. The van der Waals surface area contributed by atoms with Crippen LogP contribution in [0.15, 0.2) is 46.9 Å².